The summed E-state index contributed by atoms with van der Waals surface area (Å²) in [5.41, 5.74) is 5.61. The summed E-state index contributed by atoms with van der Waals surface area (Å²) >= 11 is 3.63. The Morgan fingerprint density at radius 1 is 1.00 bits per heavy atom. The standard InChI is InChI=1S/C27H30BrN3O2/c1-4-30(5-2)22-14-11-20(12-15-22)27-29-24-16-13-21(28)17-23(24)26(19-9-7-6-8-10-19)31(27)18-25(32)33-3/h6-17,26-27,29H,4-5,18H2,1-3H3/t26-,27-/m0/s1. The first-order valence-electron chi connectivity index (χ1n) is 11.3. The Kier molecular flexibility index (Phi) is 7.36. The second kappa shape index (κ2) is 10.4. The largest absolute Gasteiger partial charge is 0.468 e. The molecule has 1 aliphatic rings. The number of ether oxygens (including phenoxy) is 1. The molecule has 0 aliphatic carbocycles. The van der Waals surface area contributed by atoms with Gasteiger partial charge >= 0.3 is 5.97 Å². The van der Waals surface area contributed by atoms with Crippen LogP contribution in [0.25, 0.3) is 0 Å². The third kappa shape index (κ3) is 4.92. The van der Waals surface area contributed by atoms with Crippen molar-refractivity contribution in [3.8, 4) is 0 Å². The molecule has 3 aromatic carbocycles. The van der Waals surface area contributed by atoms with Crippen molar-refractivity contribution in [2.24, 2.45) is 0 Å². The molecule has 0 fully saturated rings. The van der Waals surface area contributed by atoms with E-state index in [0.29, 0.717) is 0 Å². The third-order valence-electron chi connectivity index (χ3n) is 6.26. The predicted octanol–water partition coefficient (Wildman–Crippen LogP) is 5.98. The normalized spacial score (nSPS) is 17.7. The lowest BCUT2D eigenvalue weighted by atomic mass is 9.91. The van der Waals surface area contributed by atoms with Crippen molar-refractivity contribution in [2.75, 3.05) is 37.0 Å². The van der Waals surface area contributed by atoms with Crippen LogP contribution in [-0.2, 0) is 9.53 Å². The van der Waals surface area contributed by atoms with E-state index in [9.17, 15) is 4.79 Å². The van der Waals surface area contributed by atoms with E-state index in [1.807, 2.05) is 24.3 Å². The average Bonchev–Trinajstić information content (AvgIpc) is 2.85. The zero-order chi connectivity index (χ0) is 23.4. The van der Waals surface area contributed by atoms with Gasteiger partial charge in [-0.05, 0) is 60.9 Å². The molecule has 4 rings (SSSR count). The molecule has 0 amide bonds. The number of rotatable bonds is 7. The topological polar surface area (TPSA) is 44.8 Å². The number of hydrogen-bond donors (Lipinski definition) is 1. The smallest absolute Gasteiger partial charge is 0.319 e. The summed E-state index contributed by atoms with van der Waals surface area (Å²) in [5, 5.41) is 3.68. The van der Waals surface area contributed by atoms with E-state index < -0.39 is 0 Å². The van der Waals surface area contributed by atoms with Gasteiger partial charge in [-0.3, -0.25) is 9.69 Å². The highest BCUT2D eigenvalue weighted by Gasteiger charge is 2.37. The van der Waals surface area contributed by atoms with E-state index in [2.05, 4.69) is 93.4 Å². The maximum atomic E-state index is 12.5. The summed E-state index contributed by atoms with van der Waals surface area (Å²) in [6.07, 6.45) is -0.186. The molecule has 0 aromatic heterocycles. The van der Waals surface area contributed by atoms with Crippen LogP contribution in [0.5, 0.6) is 0 Å². The van der Waals surface area contributed by atoms with Gasteiger partial charge in [0.05, 0.1) is 19.7 Å². The molecule has 0 saturated heterocycles. The van der Waals surface area contributed by atoms with Gasteiger partial charge < -0.3 is 15.0 Å². The Morgan fingerprint density at radius 2 is 1.70 bits per heavy atom. The molecule has 0 saturated carbocycles. The Morgan fingerprint density at radius 3 is 2.33 bits per heavy atom. The minimum Gasteiger partial charge on any atom is -0.468 e. The second-order valence-electron chi connectivity index (χ2n) is 8.10. The van der Waals surface area contributed by atoms with Gasteiger partial charge in [0, 0.05) is 28.9 Å². The Balaban J connectivity index is 1.82. The van der Waals surface area contributed by atoms with Gasteiger partial charge in [-0.1, -0.05) is 58.4 Å². The van der Waals surface area contributed by atoms with Crippen LogP contribution in [0.1, 0.15) is 42.7 Å². The number of carbonyl (C=O) groups excluding carboxylic acids is 1. The quantitative estimate of drug-likeness (QED) is 0.398. The van der Waals surface area contributed by atoms with Gasteiger partial charge in [-0.2, -0.15) is 0 Å². The van der Waals surface area contributed by atoms with E-state index in [1.165, 1.54) is 12.8 Å². The average molecular weight is 508 g/mol. The summed E-state index contributed by atoms with van der Waals surface area (Å²) in [6.45, 7) is 6.42. The number of nitrogens with zero attached hydrogens (tertiary/aromatic N) is 2. The molecule has 3 aromatic rings. The number of hydrogen-bond acceptors (Lipinski definition) is 5. The van der Waals surface area contributed by atoms with Crippen LogP contribution in [0, 0.1) is 0 Å². The fraction of sp³-hybridized carbons (Fsp3) is 0.296. The summed E-state index contributed by atoms with van der Waals surface area (Å²) in [7, 11) is 1.44. The minimum absolute atomic E-state index is 0.105. The summed E-state index contributed by atoms with van der Waals surface area (Å²) < 4.78 is 6.09. The first kappa shape index (κ1) is 23.3. The third-order valence-corrected chi connectivity index (χ3v) is 6.75. The van der Waals surface area contributed by atoms with Crippen LogP contribution in [0.2, 0.25) is 0 Å². The highest BCUT2D eigenvalue weighted by atomic mass is 79.9. The highest BCUT2D eigenvalue weighted by molar-refractivity contribution is 9.10. The maximum Gasteiger partial charge on any atom is 0.319 e. The predicted molar refractivity (Wildman–Crippen MR) is 138 cm³/mol. The molecule has 1 N–H and O–H groups in total. The van der Waals surface area contributed by atoms with Crippen LogP contribution in [0.4, 0.5) is 11.4 Å². The Bertz CT molecular complexity index is 1080. The summed E-state index contributed by atoms with van der Waals surface area (Å²) in [6, 6.07) is 25.1. The van der Waals surface area contributed by atoms with Crippen molar-refractivity contribution in [3.05, 3.63) is 94.0 Å². The van der Waals surface area contributed by atoms with Crippen molar-refractivity contribution in [1.29, 1.82) is 0 Å². The maximum absolute atomic E-state index is 12.5. The number of fused-ring (bicyclic) bond motifs is 1. The summed E-state index contributed by atoms with van der Waals surface area (Å²) in [4.78, 5) is 17.0. The molecular formula is C27H30BrN3O2. The van der Waals surface area contributed by atoms with E-state index >= 15 is 0 Å². The number of benzene rings is 3. The Labute approximate surface area is 204 Å². The number of carbonyl (C=O) groups is 1. The summed E-state index contributed by atoms with van der Waals surface area (Å²) in [5.74, 6) is -0.263. The van der Waals surface area contributed by atoms with Crippen molar-refractivity contribution in [3.63, 3.8) is 0 Å². The zero-order valence-electron chi connectivity index (χ0n) is 19.3. The lowest BCUT2D eigenvalue weighted by Crippen LogP contribution is -2.44. The molecule has 33 heavy (non-hydrogen) atoms. The lowest BCUT2D eigenvalue weighted by molar-refractivity contribution is -0.143. The van der Waals surface area contributed by atoms with Crippen molar-refractivity contribution < 1.29 is 9.53 Å². The lowest BCUT2D eigenvalue weighted by Gasteiger charge is -2.44. The second-order valence-corrected chi connectivity index (χ2v) is 9.02. The number of esters is 1. The van der Waals surface area contributed by atoms with Gasteiger partial charge in [0.25, 0.3) is 0 Å². The van der Waals surface area contributed by atoms with Crippen LogP contribution in [-0.4, -0.2) is 37.6 Å². The van der Waals surface area contributed by atoms with Crippen LogP contribution in [0.15, 0.2) is 77.3 Å². The zero-order valence-corrected chi connectivity index (χ0v) is 20.9. The van der Waals surface area contributed by atoms with Gasteiger partial charge in [0.1, 0.15) is 6.17 Å². The van der Waals surface area contributed by atoms with Crippen LogP contribution in [0.3, 0.4) is 0 Å². The molecule has 0 unspecified atom stereocenters. The Hall–Kier alpha value is -2.83. The first-order chi connectivity index (χ1) is 16.0. The molecule has 1 heterocycles. The monoisotopic (exact) mass is 507 g/mol. The van der Waals surface area contributed by atoms with E-state index in [-0.39, 0.29) is 24.7 Å². The van der Waals surface area contributed by atoms with Crippen LogP contribution >= 0.6 is 15.9 Å². The fourth-order valence-corrected chi connectivity index (χ4v) is 4.96. The molecular weight excluding hydrogens is 478 g/mol. The molecule has 0 bridgehead atoms. The van der Waals surface area contributed by atoms with Gasteiger partial charge in [0.15, 0.2) is 0 Å². The van der Waals surface area contributed by atoms with E-state index in [4.69, 9.17) is 4.74 Å². The van der Waals surface area contributed by atoms with Crippen LogP contribution < -0.4 is 10.2 Å². The van der Waals surface area contributed by atoms with Crippen molar-refractivity contribution in [2.45, 2.75) is 26.1 Å². The molecule has 1 aliphatic heterocycles. The van der Waals surface area contributed by atoms with E-state index in [0.717, 1.165) is 39.9 Å². The molecule has 172 valence electrons. The number of anilines is 2. The molecule has 2 atom stereocenters. The highest BCUT2D eigenvalue weighted by Crippen LogP contribution is 2.44. The van der Waals surface area contributed by atoms with E-state index in [1.54, 1.807) is 0 Å². The fourth-order valence-electron chi connectivity index (χ4n) is 4.58. The number of methoxy groups -OCH3 is 1. The molecule has 0 spiro atoms. The molecule has 6 heteroatoms. The SMILES string of the molecule is CCN(CC)c1ccc([C@H]2Nc3ccc(Br)cc3[C@H](c3ccccc3)N2CC(=O)OC)cc1. The molecule has 0 radical (unpaired) electrons. The number of halogens is 1. The first-order valence-corrected chi connectivity index (χ1v) is 12.1. The van der Waals surface area contributed by atoms with Gasteiger partial charge in [0.2, 0.25) is 0 Å². The van der Waals surface area contributed by atoms with Crippen molar-refractivity contribution in [1.82, 2.24) is 4.90 Å². The molecule has 5 nitrogen and oxygen atoms in total. The minimum atomic E-state index is -0.263. The van der Waals surface area contributed by atoms with Crippen molar-refractivity contribution >= 4 is 33.3 Å². The van der Waals surface area contributed by atoms with Gasteiger partial charge in [-0.15, -0.1) is 0 Å². The van der Waals surface area contributed by atoms with Gasteiger partial charge in [-0.25, -0.2) is 0 Å². The number of nitrogens with one attached hydrogen (secondary N) is 1.